The van der Waals surface area contributed by atoms with Crippen LogP contribution in [0.25, 0.3) is 5.69 Å². The van der Waals surface area contributed by atoms with Crippen LogP contribution in [0.1, 0.15) is 29.2 Å². The van der Waals surface area contributed by atoms with Crippen LogP contribution < -0.4 is 15.4 Å². The molecule has 5 rings (SSSR count). The van der Waals surface area contributed by atoms with E-state index in [4.69, 9.17) is 27.1 Å². The highest BCUT2D eigenvalue weighted by Gasteiger charge is 2.29. The normalized spacial score (nSPS) is 14.9. The van der Waals surface area contributed by atoms with Crippen LogP contribution in [-0.2, 0) is 6.42 Å². The number of aromatic nitrogens is 4. The average molecular weight is 447 g/mol. The van der Waals surface area contributed by atoms with Gasteiger partial charge in [-0.15, -0.1) is 0 Å². The van der Waals surface area contributed by atoms with Gasteiger partial charge in [0, 0.05) is 36.5 Å². The van der Waals surface area contributed by atoms with Crippen LogP contribution in [0.3, 0.4) is 0 Å². The maximum Gasteiger partial charge on any atom is 0.231 e. The lowest BCUT2D eigenvalue weighted by Gasteiger charge is -2.21. The van der Waals surface area contributed by atoms with E-state index in [0.29, 0.717) is 22.7 Å². The summed E-state index contributed by atoms with van der Waals surface area (Å²) in [6.45, 7) is 0. The van der Waals surface area contributed by atoms with Crippen LogP contribution >= 0.6 is 11.6 Å². The lowest BCUT2D eigenvalue weighted by molar-refractivity contribution is 0.413. The molecule has 32 heavy (non-hydrogen) atoms. The summed E-state index contributed by atoms with van der Waals surface area (Å²) in [6.07, 6.45) is 5.26. The Bertz CT molecular complexity index is 1270. The molecule has 1 aliphatic carbocycles. The Labute approximate surface area is 191 Å². The number of methoxy groups -OCH3 is 1. The first-order valence-corrected chi connectivity index (χ1v) is 10.8. The highest BCUT2D eigenvalue weighted by molar-refractivity contribution is 6.29. The zero-order valence-corrected chi connectivity index (χ0v) is 18.6. The third kappa shape index (κ3) is 3.54. The van der Waals surface area contributed by atoms with E-state index < -0.39 is 0 Å². The van der Waals surface area contributed by atoms with Gasteiger partial charge < -0.3 is 19.9 Å². The predicted molar refractivity (Wildman–Crippen MR) is 126 cm³/mol. The number of benzene rings is 2. The molecule has 1 aliphatic rings. The third-order valence-corrected chi connectivity index (χ3v) is 6.15. The minimum Gasteiger partial charge on any atom is -0.494 e. The van der Waals surface area contributed by atoms with Gasteiger partial charge in [-0.2, -0.15) is 4.98 Å². The summed E-state index contributed by atoms with van der Waals surface area (Å²) < 4.78 is 7.44. The van der Waals surface area contributed by atoms with Crippen molar-refractivity contribution in [3.63, 3.8) is 0 Å². The fourth-order valence-electron chi connectivity index (χ4n) is 4.27. The molecule has 0 saturated carbocycles. The Hall–Kier alpha value is -3.58. The number of nitrogen functional groups attached to an aromatic ring is 1. The van der Waals surface area contributed by atoms with E-state index in [1.54, 1.807) is 19.6 Å². The van der Waals surface area contributed by atoms with Gasteiger partial charge in [0.05, 0.1) is 18.5 Å². The third-order valence-electron chi connectivity index (χ3n) is 5.95. The lowest BCUT2D eigenvalue weighted by atomic mass is 9.97. The van der Waals surface area contributed by atoms with Crippen LogP contribution in [-0.4, -0.2) is 33.7 Å². The van der Waals surface area contributed by atoms with Gasteiger partial charge in [0.25, 0.3) is 0 Å². The highest BCUT2D eigenvalue weighted by atomic mass is 35.5. The van der Waals surface area contributed by atoms with Crippen molar-refractivity contribution in [3.05, 3.63) is 83.0 Å². The van der Waals surface area contributed by atoms with Crippen LogP contribution in [0.4, 0.5) is 17.5 Å². The van der Waals surface area contributed by atoms with Crippen molar-refractivity contribution in [2.75, 3.05) is 24.8 Å². The van der Waals surface area contributed by atoms with Crippen molar-refractivity contribution in [1.82, 2.24) is 19.5 Å². The Morgan fingerprint density at radius 1 is 1.16 bits per heavy atom. The quantitative estimate of drug-likeness (QED) is 0.476. The standard InChI is InChI=1S/C24H23ClN6O/c1-30(16-8-11-19(20(12-16)32-2)31-13-21(25)27-14-31)24-28-22-17(15-6-4-3-5-7-15)9-10-18(22)23(26)29-24/h3-8,11-14,17H,9-10H2,1-2H3,(H2,26,28,29)/t17-/m0/s1. The first-order valence-electron chi connectivity index (χ1n) is 10.4. The summed E-state index contributed by atoms with van der Waals surface area (Å²) in [5, 5.41) is 0.420. The van der Waals surface area contributed by atoms with Gasteiger partial charge in [-0.25, -0.2) is 9.97 Å². The van der Waals surface area contributed by atoms with Gasteiger partial charge in [0.1, 0.15) is 23.0 Å². The number of fused-ring (bicyclic) bond motifs is 1. The van der Waals surface area contributed by atoms with Gasteiger partial charge in [0.2, 0.25) is 5.95 Å². The van der Waals surface area contributed by atoms with Crippen molar-refractivity contribution in [2.45, 2.75) is 18.8 Å². The zero-order chi connectivity index (χ0) is 22.2. The Morgan fingerprint density at radius 2 is 1.97 bits per heavy atom. The fraction of sp³-hybridized carbons (Fsp3) is 0.208. The maximum atomic E-state index is 6.36. The van der Waals surface area contributed by atoms with E-state index >= 15 is 0 Å². The van der Waals surface area contributed by atoms with Crippen molar-refractivity contribution in [1.29, 1.82) is 0 Å². The van der Waals surface area contributed by atoms with Gasteiger partial charge in [-0.1, -0.05) is 41.9 Å². The second-order valence-corrected chi connectivity index (χ2v) is 8.18. The molecule has 0 fully saturated rings. The molecule has 4 aromatic rings. The highest BCUT2D eigenvalue weighted by Crippen LogP contribution is 2.40. The summed E-state index contributed by atoms with van der Waals surface area (Å²) >= 11 is 5.98. The first-order chi connectivity index (χ1) is 15.5. The van der Waals surface area contributed by atoms with Gasteiger partial charge in [-0.05, 0) is 30.5 Å². The molecule has 0 saturated heterocycles. The molecule has 2 aromatic heterocycles. The summed E-state index contributed by atoms with van der Waals surface area (Å²) in [6, 6.07) is 16.3. The number of nitrogens with zero attached hydrogens (tertiary/aromatic N) is 5. The number of imidazole rings is 1. The molecule has 0 spiro atoms. The SMILES string of the molecule is COc1cc(N(C)c2nc(N)c3c(n2)[C@H](c2ccccc2)CC3)ccc1-n1cnc(Cl)c1. The van der Waals surface area contributed by atoms with Crippen LogP contribution in [0.15, 0.2) is 61.1 Å². The van der Waals surface area contributed by atoms with E-state index in [-0.39, 0.29) is 5.92 Å². The van der Waals surface area contributed by atoms with E-state index in [0.717, 1.165) is 35.5 Å². The number of halogens is 1. The molecule has 0 radical (unpaired) electrons. The largest absolute Gasteiger partial charge is 0.494 e. The Balaban J connectivity index is 1.51. The molecular formula is C24H23ClN6O. The van der Waals surface area contributed by atoms with Gasteiger partial charge >= 0.3 is 0 Å². The van der Waals surface area contributed by atoms with E-state index in [2.05, 4.69) is 34.2 Å². The molecule has 1 atom stereocenters. The van der Waals surface area contributed by atoms with Crippen LogP contribution in [0.2, 0.25) is 5.15 Å². The molecule has 2 heterocycles. The molecule has 0 unspecified atom stereocenters. The lowest BCUT2D eigenvalue weighted by Crippen LogP contribution is -2.16. The van der Waals surface area contributed by atoms with E-state index in [1.165, 1.54) is 5.56 Å². The van der Waals surface area contributed by atoms with Crippen LogP contribution in [0, 0.1) is 0 Å². The molecule has 8 heteroatoms. The minimum absolute atomic E-state index is 0.228. The number of hydrogen-bond donors (Lipinski definition) is 1. The molecule has 0 bridgehead atoms. The topological polar surface area (TPSA) is 82.1 Å². The van der Waals surface area contributed by atoms with Gasteiger partial charge in [0.15, 0.2) is 0 Å². The minimum atomic E-state index is 0.228. The predicted octanol–water partition coefficient (Wildman–Crippen LogP) is 4.75. The number of nitrogens with two attached hydrogens (primary N) is 1. The molecule has 7 nitrogen and oxygen atoms in total. The van der Waals surface area contributed by atoms with Crippen molar-refractivity contribution >= 4 is 29.1 Å². The number of hydrogen-bond acceptors (Lipinski definition) is 6. The first kappa shape index (κ1) is 20.3. The average Bonchev–Trinajstić information content (AvgIpc) is 3.45. The molecule has 162 valence electrons. The van der Waals surface area contributed by atoms with Crippen molar-refractivity contribution < 1.29 is 4.74 Å². The maximum absolute atomic E-state index is 6.36. The summed E-state index contributed by atoms with van der Waals surface area (Å²) in [5.74, 6) is 2.02. The molecule has 2 N–H and O–H groups in total. The second-order valence-electron chi connectivity index (χ2n) is 7.79. The van der Waals surface area contributed by atoms with Crippen molar-refractivity contribution in [2.24, 2.45) is 0 Å². The van der Waals surface area contributed by atoms with Crippen LogP contribution in [0.5, 0.6) is 5.75 Å². The number of rotatable bonds is 5. The second kappa shape index (κ2) is 8.16. The van der Waals surface area contributed by atoms with E-state index in [9.17, 15) is 0 Å². The monoisotopic (exact) mass is 446 g/mol. The Morgan fingerprint density at radius 3 is 2.69 bits per heavy atom. The van der Waals surface area contributed by atoms with E-state index in [1.807, 2.05) is 40.8 Å². The number of ether oxygens (including phenoxy) is 1. The van der Waals surface area contributed by atoms with Crippen molar-refractivity contribution in [3.8, 4) is 11.4 Å². The number of anilines is 3. The Kier molecular flexibility index (Phi) is 5.19. The fourth-order valence-corrected chi connectivity index (χ4v) is 4.42. The molecule has 2 aromatic carbocycles. The summed E-state index contributed by atoms with van der Waals surface area (Å²) in [5.41, 5.74) is 11.4. The smallest absolute Gasteiger partial charge is 0.231 e. The van der Waals surface area contributed by atoms with Gasteiger partial charge in [-0.3, -0.25) is 0 Å². The molecule has 0 aliphatic heterocycles. The molecular weight excluding hydrogens is 424 g/mol. The summed E-state index contributed by atoms with van der Waals surface area (Å²) in [7, 11) is 3.56. The molecule has 0 amide bonds. The zero-order valence-electron chi connectivity index (χ0n) is 17.9. The summed E-state index contributed by atoms with van der Waals surface area (Å²) in [4.78, 5) is 15.6.